The normalized spacial score (nSPS) is 27.8. The molecule has 100 valence electrons. The first-order valence-corrected chi connectivity index (χ1v) is 7.97. The van der Waals surface area contributed by atoms with E-state index in [0.717, 1.165) is 23.9 Å². The zero-order chi connectivity index (χ0) is 12.7. The fraction of sp³-hybridized carbons (Fsp3) is 0.533. The topological polar surface area (TPSA) is 28.2 Å². The number of piperidine rings is 1. The van der Waals surface area contributed by atoms with Crippen LogP contribution in [0, 0.1) is 11.8 Å². The van der Waals surface area contributed by atoms with Crippen LogP contribution in [0.15, 0.2) is 24.3 Å². The second-order valence-corrected chi connectivity index (χ2v) is 6.89. The van der Waals surface area contributed by atoms with Gasteiger partial charge < -0.3 is 5.32 Å². The summed E-state index contributed by atoms with van der Waals surface area (Å²) in [6, 6.07) is 8.45. The minimum atomic E-state index is 0.864. The summed E-state index contributed by atoms with van der Waals surface area (Å²) in [4.78, 5) is 7.34. The fourth-order valence-electron chi connectivity index (χ4n) is 3.43. The minimum absolute atomic E-state index is 0.864. The number of fused-ring (bicyclic) bond motifs is 2. The van der Waals surface area contributed by atoms with Crippen molar-refractivity contribution < 1.29 is 0 Å². The van der Waals surface area contributed by atoms with Gasteiger partial charge in [0.15, 0.2) is 0 Å². The van der Waals surface area contributed by atoms with Gasteiger partial charge in [0, 0.05) is 6.54 Å². The minimum Gasteiger partial charge on any atom is -0.316 e. The van der Waals surface area contributed by atoms with Gasteiger partial charge in [0.25, 0.3) is 0 Å². The molecule has 0 aliphatic carbocycles. The molecule has 2 atom stereocenters. The van der Waals surface area contributed by atoms with E-state index in [0.29, 0.717) is 0 Å². The smallest absolute Gasteiger partial charge is 0.108 e. The van der Waals surface area contributed by atoms with Crippen molar-refractivity contribution >= 4 is 21.6 Å². The van der Waals surface area contributed by atoms with Gasteiger partial charge in [0.1, 0.15) is 5.01 Å². The van der Waals surface area contributed by atoms with Crippen LogP contribution in [-0.4, -0.2) is 36.1 Å². The molecule has 1 aromatic heterocycles. The van der Waals surface area contributed by atoms with Gasteiger partial charge in [-0.3, -0.25) is 4.90 Å². The molecule has 1 N–H and O–H groups in total. The number of hydrogen-bond donors (Lipinski definition) is 1. The van der Waals surface area contributed by atoms with E-state index in [2.05, 4.69) is 34.5 Å². The SMILES string of the molecule is c1ccc2sc(CN3CCC4CNCC4C3)nc2c1. The Morgan fingerprint density at radius 3 is 3.11 bits per heavy atom. The number of rotatable bonds is 2. The summed E-state index contributed by atoms with van der Waals surface area (Å²) in [6.07, 6.45) is 1.35. The van der Waals surface area contributed by atoms with Crippen molar-refractivity contribution in [2.75, 3.05) is 26.2 Å². The highest BCUT2D eigenvalue weighted by Gasteiger charge is 2.32. The lowest BCUT2D eigenvalue weighted by molar-refractivity contribution is 0.142. The zero-order valence-electron chi connectivity index (χ0n) is 11.0. The van der Waals surface area contributed by atoms with Crippen molar-refractivity contribution in [2.45, 2.75) is 13.0 Å². The molecule has 0 radical (unpaired) electrons. The van der Waals surface area contributed by atoms with Crippen LogP contribution in [0.25, 0.3) is 10.2 Å². The van der Waals surface area contributed by atoms with Crippen LogP contribution in [0.3, 0.4) is 0 Å². The second-order valence-electron chi connectivity index (χ2n) is 5.78. The van der Waals surface area contributed by atoms with E-state index >= 15 is 0 Å². The molecule has 3 nitrogen and oxygen atoms in total. The van der Waals surface area contributed by atoms with E-state index in [1.54, 1.807) is 0 Å². The molecule has 3 heterocycles. The number of nitrogens with zero attached hydrogens (tertiary/aromatic N) is 2. The van der Waals surface area contributed by atoms with Crippen molar-refractivity contribution in [3.05, 3.63) is 29.3 Å². The third kappa shape index (κ3) is 2.29. The molecule has 2 aliphatic heterocycles. The molecule has 0 spiro atoms. The molecule has 4 heteroatoms. The molecule has 2 aliphatic rings. The molecule has 0 saturated carbocycles. The van der Waals surface area contributed by atoms with Crippen molar-refractivity contribution in [3.8, 4) is 0 Å². The van der Waals surface area contributed by atoms with E-state index in [1.807, 2.05) is 11.3 Å². The summed E-state index contributed by atoms with van der Waals surface area (Å²) >= 11 is 1.85. The number of likely N-dealkylation sites (tertiary alicyclic amines) is 1. The fourth-order valence-corrected chi connectivity index (χ4v) is 4.44. The Bertz CT molecular complexity index is 547. The average Bonchev–Trinajstić information content (AvgIpc) is 3.03. The van der Waals surface area contributed by atoms with Crippen LogP contribution in [0.1, 0.15) is 11.4 Å². The van der Waals surface area contributed by atoms with E-state index in [9.17, 15) is 0 Å². The van der Waals surface area contributed by atoms with Crippen LogP contribution in [0.4, 0.5) is 0 Å². The van der Waals surface area contributed by atoms with Gasteiger partial charge in [-0.15, -0.1) is 11.3 Å². The van der Waals surface area contributed by atoms with E-state index < -0.39 is 0 Å². The van der Waals surface area contributed by atoms with Crippen LogP contribution in [0.5, 0.6) is 0 Å². The highest BCUT2D eigenvalue weighted by Crippen LogP contribution is 2.29. The Morgan fingerprint density at radius 1 is 1.26 bits per heavy atom. The largest absolute Gasteiger partial charge is 0.316 e. The van der Waals surface area contributed by atoms with Crippen molar-refractivity contribution in [1.29, 1.82) is 0 Å². The quantitative estimate of drug-likeness (QED) is 0.910. The van der Waals surface area contributed by atoms with E-state index in [4.69, 9.17) is 4.98 Å². The summed E-state index contributed by atoms with van der Waals surface area (Å²) in [7, 11) is 0. The number of para-hydroxylation sites is 1. The summed E-state index contributed by atoms with van der Waals surface area (Å²) in [5.74, 6) is 1.79. The molecule has 1 aromatic carbocycles. The van der Waals surface area contributed by atoms with Crippen LogP contribution in [-0.2, 0) is 6.54 Å². The first-order chi connectivity index (χ1) is 9.38. The number of hydrogen-bond acceptors (Lipinski definition) is 4. The van der Waals surface area contributed by atoms with Crippen LogP contribution in [0.2, 0.25) is 0 Å². The van der Waals surface area contributed by atoms with Gasteiger partial charge >= 0.3 is 0 Å². The molecular weight excluding hydrogens is 254 g/mol. The lowest BCUT2D eigenvalue weighted by atomic mass is 9.89. The Kier molecular flexibility index (Phi) is 3.02. The summed E-state index contributed by atoms with van der Waals surface area (Å²) in [6.45, 7) is 5.95. The Balaban J connectivity index is 1.48. The first kappa shape index (κ1) is 11.8. The molecule has 19 heavy (non-hydrogen) atoms. The summed E-state index contributed by atoms with van der Waals surface area (Å²) in [5, 5.41) is 4.80. The van der Waals surface area contributed by atoms with Gasteiger partial charge in [-0.2, -0.15) is 0 Å². The van der Waals surface area contributed by atoms with Crippen molar-refractivity contribution in [1.82, 2.24) is 15.2 Å². The highest BCUT2D eigenvalue weighted by atomic mass is 32.1. The number of benzene rings is 1. The summed E-state index contributed by atoms with van der Waals surface area (Å²) < 4.78 is 1.31. The third-order valence-electron chi connectivity index (χ3n) is 4.49. The van der Waals surface area contributed by atoms with Crippen LogP contribution < -0.4 is 5.32 Å². The Morgan fingerprint density at radius 2 is 2.16 bits per heavy atom. The summed E-state index contributed by atoms with van der Waals surface area (Å²) in [5.41, 5.74) is 1.15. The maximum Gasteiger partial charge on any atom is 0.108 e. The van der Waals surface area contributed by atoms with Crippen molar-refractivity contribution in [2.24, 2.45) is 11.8 Å². The van der Waals surface area contributed by atoms with Gasteiger partial charge in [0.2, 0.25) is 0 Å². The van der Waals surface area contributed by atoms with Crippen LogP contribution >= 0.6 is 11.3 Å². The molecule has 4 rings (SSSR count). The standard InChI is InChI=1S/C15H19N3S/c1-2-4-14-13(3-1)17-15(19-14)10-18-6-5-11-7-16-8-12(11)9-18/h1-4,11-12,16H,5-10H2. The highest BCUT2D eigenvalue weighted by molar-refractivity contribution is 7.18. The Hall–Kier alpha value is -0.970. The molecule has 2 aromatic rings. The molecule has 0 bridgehead atoms. The average molecular weight is 273 g/mol. The van der Waals surface area contributed by atoms with E-state index in [1.165, 1.54) is 42.3 Å². The van der Waals surface area contributed by atoms with Gasteiger partial charge in [-0.1, -0.05) is 12.1 Å². The molecular formula is C15H19N3S. The lowest BCUT2D eigenvalue weighted by Crippen LogP contribution is -2.39. The number of aromatic nitrogens is 1. The third-order valence-corrected chi connectivity index (χ3v) is 5.51. The second kappa shape index (κ2) is 4.85. The Labute approximate surface area is 117 Å². The van der Waals surface area contributed by atoms with E-state index in [-0.39, 0.29) is 0 Å². The number of nitrogens with one attached hydrogen (secondary N) is 1. The van der Waals surface area contributed by atoms with Gasteiger partial charge in [0.05, 0.1) is 16.8 Å². The van der Waals surface area contributed by atoms with Crippen molar-refractivity contribution in [3.63, 3.8) is 0 Å². The van der Waals surface area contributed by atoms with Gasteiger partial charge in [-0.05, 0) is 50.0 Å². The predicted octanol–water partition coefficient (Wildman–Crippen LogP) is 2.34. The lowest BCUT2D eigenvalue weighted by Gasteiger charge is -2.33. The maximum atomic E-state index is 4.75. The number of thiazole rings is 1. The maximum absolute atomic E-state index is 4.75. The van der Waals surface area contributed by atoms with Gasteiger partial charge in [-0.25, -0.2) is 4.98 Å². The predicted molar refractivity (Wildman–Crippen MR) is 79.4 cm³/mol. The zero-order valence-corrected chi connectivity index (χ0v) is 11.8. The molecule has 2 unspecified atom stereocenters. The molecule has 0 amide bonds. The first-order valence-electron chi connectivity index (χ1n) is 7.16. The monoisotopic (exact) mass is 273 g/mol. The molecule has 2 saturated heterocycles. The molecule has 2 fully saturated rings.